The van der Waals surface area contributed by atoms with Crippen molar-refractivity contribution in [1.29, 1.82) is 0 Å². The van der Waals surface area contributed by atoms with E-state index in [1.807, 2.05) is 13.8 Å². The molecule has 0 amide bonds. The minimum atomic E-state index is -4.33. The van der Waals surface area contributed by atoms with Crippen LogP contribution in [-0.4, -0.2) is 15.5 Å². The highest BCUT2D eigenvalue weighted by Gasteiger charge is 2.30. The van der Waals surface area contributed by atoms with Gasteiger partial charge in [0.05, 0.1) is 11.7 Å². The van der Waals surface area contributed by atoms with Crippen LogP contribution in [0.25, 0.3) is 11.4 Å². The number of hydrogen-bond acceptors (Lipinski definition) is 4. The molecule has 0 spiro atoms. The third-order valence-electron chi connectivity index (χ3n) is 2.48. The molecule has 2 rings (SSSR count). The summed E-state index contributed by atoms with van der Waals surface area (Å²) in [5.74, 6) is 0.422. The lowest BCUT2D eigenvalue weighted by atomic mass is 10.1. The van der Waals surface area contributed by atoms with Gasteiger partial charge in [0.25, 0.3) is 0 Å². The summed E-state index contributed by atoms with van der Waals surface area (Å²) in [5.41, 5.74) is -0.120. The molecule has 0 saturated heterocycles. The topological polar surface area (TPSA) is 35.0 Å². The first-order valence-electron chi connectivity index (χ1n) is 5.98. The van der Waals surface area contributed by atoms with Gasteiger partial charge in [-0.1, -0.05) is 12.1 Å². The van der Waals surface area contributed by atoms with Crippen LogP contribution in [0, 0.1) is 0 Å². The second-order valence-electron chi connectivity index (χ2n) is 4.45. The average molecular weight is 302 g/mol. The van der Waals surface area contributed by atoms with Gasteiger partial charge >= 0.3 is 6.18 Å². The first-order valence-corrected chi connectivity index (χ1v) is 6.75. The van der Waals surface area contributed by atoms with E-state index in [-0.39, 0.29) is 6.10 Å². The minimum absolute atomic E-state index is 0.0911. The van der Waals surface area contributed by atoms with E-state index in [4.69, 9.17) is 4.74 Å². The Bertz CT molecular complexity index is 564. The van der Waals surface area contributed by atoms with E-state index in [0.717, 1.165) is 12.1 Å². The molecule has 0 unspecified atom stereocenters. The predicted molar refractivity (Wildman–Crippen MR) is 70.3 cm³/mol. The number of hydrogen-bond donors (Lipinski definition) is 0. The van der Waals surface area contributed by atoms with Crippen molar-refractivity contribution in [2.75, 3.05) is 0 Å². The van der Waals surface area contributed by atoms with E-state index in [9.17, 15) is 13.2 Å². The maximum atomic E-state index is 12.5. The number of aromatic nitrogens is 2. The van der Waals surface area contributed by atoms with Crippen LogP contribution < -0.4 is 0 Å². The number of rotatable bonds is 4. The fourth-order valence-corrected chi connectivity index (χ4v) is 2.06. The molecular formula is C13H13F3N2OS. The van der Waals surface area contributed by atoms with E-state index in [1.54, 1.807) is 0 Å². The highest BCUT2D eigenvalue weighted by molar-refractivity contribution is 7.05. The van der Waals surface area contributed by atoms with Gasteiger partial charge < -0.3 is 4.74 Å². The second-order valence-corrected chi connectivity index (χ2v) is 5.28. The standard InChI is InChI=1S/C13H13F3N2OS/c1-8(2)19-7-11-17-12(18-20-11)9-3-5-10(6-4-9)13(14,15)16/h3-6,8H,7H2,1-2H3. The third-order valence-corrected chi connectivity index (χ3v) is 3.16. The highest BCUT2D eigenvalue weighted by Crippen LogP contribution is 2.30. The molecule has 108 valence electrons. The zero-order chi connectivity index (χ0) is 14.8. The summed E-state index contributed by atoms with van der Waals surface area (Å²) in [6.45, 7) is 4.19. The number of halogens is 3. The summed E-state index contributed by atoms with van der Waals surface area (Å²) in [4.78, 5) is 4.25. The molecule has 7 heteroatoms. The van der Waals surface area contributed by atoms with Crippen molar-refractivity contribution in [2.45, 2.75) is 32.7 Å². The van der Waals surface area contributed by atoms with E-state index in [2.05, 4.69) is 9.36 Å². The summed E-state index contributed by atoms with van der Waals surface area (Å²) >= 11 is 1.19. The molecule has 0 fully saturated rings. The van der Waals surface area contributed by atoms with Crippen LogP contribution in [-0.2, 0) is 17.5 Å². The summed E-state index contributed by atoms with van der Waals surface area (Å²) in [6.07, 6.45) is -4.24. The molecule has 1 heterocycles. The quantitative estimate of drug-likeness (QED) is 0.851. The summed E-state index contributed by atoms with van der Waals surface area (Å²) in [7, 11) is 0. The van der Waals surface area contributed by atoms with Crippen molar-refractivity contribution in [1.82, 2.24) is 9.36 Å². The van der Waals surface area contributed by atoms with Crippen molar-refractivity contribution in [3.05, 3.63) is 34.8 Å². The molecule has 0 radical (unpaired) electrons. The van der Waals surface area contributed by atoms with Gasteiger partial charge in [-0.25, -0.2) is 4.98 Å². The molecule has 3 nitrogen and oxygen atoms in total. The van der Waals surface area contributed by atoms with Gasteiger partial charge in [0.2, 0.25) is 0 Å². The maximum absolute atomic E-state index is 12.5. The molecular weight excluding hydrogens is 289 g/mol. The molecule has 2 aromatic rings. The Morgan fingerprint density at radius 3 is 2.40 bits per heavy atom. The molecule has 0 saturated carbocycles. The van der Waals surface area contributed by atoms with E-state index in [0.29, 0.717) is 23.0 Å². The van der Waals surface area contributed by atoms with Crippen LogP contribution in [0.5, 0.6) is 0 Å². The Kier molecular flexibility index (Phi) is 4.39. The van der Waals surface area contributed by atoms with E-state index >= 15 is 0 Å². The smallest absolute Gasteiger partial charge is 0.372 e. The summed E-state index contributed by atoms with van der Waals surface area (Å²) < 4.78 is 46.9. The van der Waals surface area contributed by atoms with Gasteiger partial charge in [-0.3, -0.25) is 0 Å². The van der Waals surface area contributed by atoms with Gasteiger partial charge in [-0.15, -0.1) is 0 Å². The molecule has 1 aromatic carbocycles. The fourth-order valence-electron chi connectivity index (χ4n) is 1.48. The van der Waals surface area contributed by atoms with Crippen LogP contribution in [0.2, 0.25) is 0 Å². The zero-order valence-electron chi connectivity index (χ0n) is 10.9. The van der Waals surface area contributed by atoms with Gasteiger partial charge in [0.1, 0.15) is 11.6 Å². The fraction of sp³-hybridized carbons (Fsp3) is 0.385. The normalized spacial score (nSPS) is 12.1. The molecule has 0 aliphatic heterocycles. The number of nitrogens with zero attached hydrogens (tertiary/aromatic N) is 2. The minimum Gasteiger partial charge on any atom is -0.372 e. The number of benzene rings is 1. The molecule has 20 heavy (non-hydrogen) atoms. The van der Waals surface area contributed by atoms with E-state index in [1.165, 1.54) is 23.7 Å². The van der Waals surface area contributed by atoms with Gasteiger partial charge in [-0.05, 0) is 37.5 Å². The Morgan fingerprint density at radius 2 is 1.85 bits per heavy atom. The predicted octanol–water partition coefficient (Wildman–Crippen LogP) is 4.15. The number of alkyl halides is 3. The van der Waals surface area contributed by atoms with Crippen LogP contribution in [0.1, 0.15) is 24.4 Å². The average Bonchev–Trinajstić information content (AvgIpc) is 2.84. The monoisotopic (exact) mass is 302 g/mol. The molecule has 1 aromatic heterocycles. The molecule has 0 N–H and O–H groups in total. The highest BCUT2D eigenvalue weighted by atomic mass is 32.1. The number of ether oxygens (including phenoxy) is 1. The Labute approximate surface area is 118 Å². The molecule has 0 atom stereocenters. The first-order chi connectivity index (χ1) is 9.36. The SMILES string of the molecule is CC(C)OCc1nc(-c2ccc(C(F)(F)F)cc2)ns1. The summed E-state index contributed by atoms with van der Waals surface area (Å²) in [5, 5.41) is 0.702. The summed E-state index contributed by atoms with van der Waals surface area (Å²) in [6, 6.07) is 4.80. The molecule has 0 aliphatic rings. The van der Waals surface area contributed by atoms with Crippen LogP contribution in [0.3, 0.4) is 0 Å². The Morgan fingerprint density at radius 1 is 1.20 bits per heavy atom. The van der Waals surface area contributed by atoms with Crippen molar-refractivity contribution >= 4 is 11.5 Å². The van der Waals surface area contributed by atoms with Gasteiger partial charge in [0.15, 0.2) is 5.82 Å². The lowest BCUT2D eigenvalue weighted by Crippen LogP contribution is -2.04. The van der Waals surface area contributed by atoms with Crippen LogP contribution in [0.15, 0.2) is 24.3 Å². The maximum Gasteiger partial charge on any atom is 0.416 e. The second kappa shape index (κ2) is 5.88. The Hall–Kier alpha value is -1.47. The van der Waals surface area contributed by atoms with E-state index < -0.39 is 11.7 Å². The largest absolute Gasteiger partial charge is 0.416 e. The Balaban J connectivity index is 2.12. The van der Waals surface area contributed by atoms with Crippen LogP contribution in [0.4, 0.5) is 13.2 Å². The third kappa shape index (κ3) is 3.77. The first kappa shape index (κ1) is 14.9. The zero-order valence-corrected chi connectivity index (χ0v) is 11.8. The molecule has 0 aliphatic carbocycles. The molecule has 0 bridgehead atoms. The lowest BCUT2D eigenvalue weighted by Gasteiger charge is -2.06. The van der Waals surface area contributed by atoms with Crippen molar-refractivity contribution in [3.8, 4) is 11.4 Å². The van der Waals surface area contributed by atoms with Gasteiger partial charge in [0, 0.05) is 5.56 Å². The van der Waals surface area contributed by atoms with Crippen molar-refractivity contribution in [3.63, 3.8) is 0 Å². The van der Waals surface area contributed by atoms with Crippen LogP contribution >= 0.6 is 11.5 Å². The van der Waals surface area contributed by atoms with Crippen molar-refractivity contribution in [2.24, 2.45) is 0 Å². The van der Waals surface area contributed by atoms with Gasteiger partial charge in [-0.2, -0.15) is 17.5 Å². The lowest BCUT2D eigenvalue weighted by molar-refractivity contribution is -0.137. The van der Waals surface area contributed by atoms with Crippen molar-refractivity contribution < 1.29 is 17.9 Å².